The fraction of sp³-hybridized carbons (Fsp3) is 0.500. The van der Waals surface area contributed by atoms with Crippen LogP contribution in [0.1, 0.15) is 24.8 Å². The number of fused-ring (bicyclic) bond motifs is 3. The molecule has 2 atom stereocenters. The Morgan fingerprint density at radius 3 is 2.58 bits per heavy atom. The molecule has 5 rings (SSSR count). The van der Waals surface area contributed by atoms with Gasteiger partial charge in [0.15, 0.2) is 0 Å². The summed E-state index contributed by atoms with van der Waals surface area (Å²) in [6.07, 6.45) is 1.04. The van der Waals surface area contributed by atoms with E-state index >= 15 is 0 Å². The highest BCUT2D eigenvalue weighted by molar-refractivity contribution is 5.74. The van der Waals surface area contributed by atoms with Gasteiger partial charge in [0.25, 0.3) is 0 Å². The maximum atomic E-state index is 14.3. The van der Waals surface area contributed by atoms with Gasteiger partial charge in [-0.25, -0.2) is 4.39 Å². The second-order valence-electron chi connectivity index (χ2n) is 9.39. The SMILES string of the molecule is COc1cccc(N2c3ccc(F)cc3[C@@H]3CN(CCN4CCN(C(C)=O)CC4)CC[C@H]32)c1. The highest BCUT2D eigenvalue weighted by atomic mass is 19.1. The molecule has 3 aliphatic rings. The molecule has 2 aromatic rings. The maximum Gasteiger partial charge on any atom is 0.219 e. The molecule has 1 amide bonds. The van der Waals surface area contributed by atoms with E-state index in [4.69, 9.17) is 4.74 Å². The number of carbonyl (C=O) groups is 1. The minimum atomic E-state index is -0.166. The molecule has 176 valence electrons. The molecular formula is C26H33FN4O2. The number of anilines is 2. The molecule has 0 N–H and O–H groups in total. The lowest BCUT2D eigenvalue weighted by Gasteiger charge is -2.40. The van der Waals surface area contributed by atoms with E-state index in [1.807, 2.05) is 23.1 Å². The maximum absolute atomic E-state index is 14.3. The Labute approximate surface area is 195 Å². The summed E-state index contributed by atoms with van der Waals surface area (Å²) in [7, 11) is 1.69. The van der Waals surface area contributed by atoms with Gasteiger partial charge in [-0.1, -0.05) is 6.07 Å². The number of hydrogen-bond donors (Lipinski definition) is 0. The molecule has 0 radical (unpaired) electrons. The summed E-state index contributed by atoms with van der Waals surface area (Å²) in [5.41, 5.74) is 3.33. The summed E-state index contributed by atoms with van der Waals surface area (Å²) in [5, 5.41) is 0. The van der Waals surface area contributed by atoms with Crippen LogP contribution in [0.4, 0.5) is 15.8 Å². The van der Waals surface area contributed by atoms with Crippen molar-refractivity contribution in [2.45, 2.75) is 25.3 Å². The Morgan fingerprint density at radius 1 is 1.03 bits per heavy atom. The van der Waals surface area contributed by atoms with Crippen molar-refractivity contribution in [2.75, 3.05) is 64.4 Å². The van der Waals surface area contributed by atoms with E-state index in [-0.39, 0.29) is 17.6 Å². The summed E-state index contributed by atoms with van der Waals surface area (Å²) in [5.74, 6) is 1.12. The molecule has 6 nitrogen and oxygen atoms in total. The quantitative estimate of drug-likeness (QED) is 0.696. The van der Waals surface area contributed by atoms with Crippen molar-refractivity contribution in [3.8, 4) is 5.75 Å². The van der Waals surface area contributed by atoms with Crippen molar-refractivity contribution < 1.29 is 13.9 Å². The van der Waals surface area contributed by atoms with Gasteiger partial charge in [0.05, 0.1) is 7.11 Å². The fourth-order valence-electron chi connectivity index (χ4n) is 5.71. The second kappa shape index (κ2) is 9.31. The molecule has 0 bridgehead atoms. The molecule has 0 aliphatic carbocycles. The van der Waals surface area contributed by atoms with Crippen molar-refractivity contribution in [3.63, 3.8) is 0 Å². The largest absolute Gasteiger partial charge is 0.497 e. The highest BCUT2D eigenvalue weighted by Crippen LogP contribution is 2.48. The van der Waals surface area contributed by atoms with Crippen molar-refractivity contribution in [1.29, 1.82) is 0 Å². The zero-order valence-corrected chi connectivity index (χ0v) is 19.5. The minimum Gasteiger partial charge on any atom is -0.497 e. The normalized spacial score (nSPS) is 23.4. The summed E-state index contributed by atoms with van der Waals surface area (Å²) in [6, 6.07) is 13.7. The Morgan fingerprint density at radius 2 is 1.82 bits per heavy atom. The van der Waals surface area contributed by atoms with Crippen LogP contribution in [0.2, 0.25) is 0 Å². The van der Waals surface area contributed by atoms with Crippen LogP contribution in [-0.2, 0) is 4.79 Å². The lowest BCUT2D eigenvalue weighted by atomic mass is 9.89. The van der Waals surface area contributed by atoms with Crippen LogP contribution in [0, 0.1) is 5.82 Å². The number of carbonyl (C=O) groups excluding carboxylic acids is 1. The summed E-state index contributed by atoms with van der Waals surface area (Å²) in [4.78, 5) is 20.9. The van der Waals surface area contributed by atoms with E-state index in [0.29, 0.717) is 6.04 Å². The van der Waals surface area contributed by atoms with Crippen LogP contribution < -0.4 is 9.64 Å². The predicted octanol–water partition coefficient (Wildman–Crippen LogP) is 3.31. The molecule has 2 fully saturated rings. The number of methoxy groups -OCH3 is 1. The first kappa shape index (κ1) is 22.2. The van der Waals surface area contributed by atoms with Gasteiger partial charge in [-0.3, -0.25) is 9.69 Å². The van der Waals surface area contributed by atoms with Gasteiger partial charge >= 0.3 is 0 Å². The van der Waals surface area contributed by atoms with Crippen LogP contribution >= 0.6 is 0 Å². The number of halogens is 1. The van der Waals surface area contributed by atoms with E-state index < -0.39 is 0 Å². The van der Waals surface area contributed by atoms with E-state index in [1.54, 1.807) is 26.2 Å². The first-order chi connectivity index (χ1) is 16.0. The average Bonchev–Trinajstić information content (AvgIpc) is 3.16. The van der Waals surface area contributed by atoms with Crippen molar-refractivity contribution in [2.24, 2.45) is 0 Å². The number of rotatable bonds is 5. The zero-order chi connectivity index (χ0) is 22.9. The molecule has 0 unspecified atom stereocenters. The lowest BCUT2D eigenvalue weighted by molar-refractivity contribution is -0.130. The molecule has 3 heterocycles. The van der Waals surface area contributed by atoms with Crippen LogP contribution in [0.3, 0.4) is 0 Å². The van der Waals surface area contributed by atoms with Gasteiger partial charge in [-0.15, -0.1) is 0 Å². The molecule has 2 saturated heterocycles. The number of likely N-dealkylation sites (tertiary alicyclic amines) is 1. The highest BCUT2D eigenvalue weighted by Gasteiger charge is 2.42. The zero-order valence-electron chi connectivity index (χ0n) is 19.5. The van der Waals surface area contributed by atoms with Gasteiger partial charge in [-0.05, 0) is 42.3 Å². The van der Waals surface area contributed by atoms with Crippen molar-refractivity contribution in [3.05, 3.63) is 53.8 Å². The monoisotopic (exact) mass is 452 g/mol. The molecule has 7 heteroatoms. The number of ether oxygens (including phenoxy) is 1. The molecular weight excluding hydrogens is 419 g/mol. The summed E-state index contributed by atoms with van der Waals surface area (Å²) >= 11 is 0. The smallest absolute Gasteiger partial charge is 0.219 e. The van der Waals surface area contributed by atoms with E-state index in [9.17, 15) is 9.18 Å². The standard InChI is InChI=1S/C26H33FN4O2/c1-19(32)30-14-12-28(13-15-30)10-11-29-9-8-26-24(18-29)23-16-20(27)6-7-25(23)31(26)21-4-3-5-22(17-21)33-2/h3-7,16-17,24,26H,8-15,18H2,1-2H3/t24-,26+/m0/s1. The molecule has 0 saturated carbocycles. The van der Waals surface area contributed by atoms with Crippen LogP contribution in [0.15, 0.2) is 42.5 Å². The van der Waals surface area contributed by atoms with Crippen molar-refractivity contribution >= 4 is 17.3 Å². The van der Waals surface area contributed by atoms with Gasteiger partial charge in [-0.2, -0.15) is 0 Å². The van der Waals surface area contributed by atoms with Gasteiger partial charge in [0.1, 0.15) is 11.6 Å². The number of amides is 1. The fourth-order valence-corrected chi connectivity index (χ4v) is 5.71. The molecule has 3 aliphatic heterocycles. The number of piperidine rings is 1. The Bertz CT molecular complexity index is 1010. The van der Waals surface area contributed by atoms with Crippen LogP contribution in [0.25, 0.3) is 0 Å². The van der Waals surface area contributed by atoms with Gasteiger partial charge in [0.2, 0.25) is 5.91 Å². The second-order valence-corrected chi connectivity index (χ2v) is 9.39. The van der Waals surface area contributed by atoms with Crippen molar-refractivity contribution in [1.82, 2.24) is 14.7 Å². The average molecular weight is 453 g/mol. The molecule has 0 aromatic heterocycles. The third-order valence-electron chi connectivity index (χ3n) is 7.52. The Hall–Kier alpha value is -2.64. The van der Waals surface area contributed by atoms with E-state index in [0.717, 1.165) is 81.5 Å². The Balaban J connectivity index is 1.29. The van der Waals surface area contributed by atoms with E-state index in [1.165, 1.54) is 0 Å². The first-order valence-corrected chi connectivity index (χ1v) is 12.0. The minimum absolute atomic E-state index is 0.166. The molecule has 2 aromatic carbocycles. The number of piperazine rings is 1. The van der Waals surface area contributed by atoms with E-state index in [2.05, 4.69) is 26.8 Å². The number of benzene rings is 2. The Kier molecular flexibility index (Phi) is 6.25. The lowest BCUT2D eigenvalue weighted by Crippen LogP contribution is -2.51. The van der Waals surface area contributed by atoms with Gasteiger partial charge in [0, 0.05) is 88.7 Å². The summed E-state index contributed by atoms with van der Waals surface area (Å²) in [6.45, 7) is 9.17. The number of nitrogens with zero attached hydrogens (tertiary/aromatic N) is 4. The van der Waals surface area contributed by atoms with Gasteiger partial charge < -0.3 is 19.4 Å². The number of hydrogen-bond acceptors (Lipinski definition) is 5. The molecule has 33 heavy (non-hydrogen) atoms. The molecule has 0 spiro atoms. The summed E-state index contributed by atoms with van der Waals surface area (Å²) < 4.78 is 19.7. The van der Waals surface area contributed by atoms with Crippen LogP contribution in [-0.4, -0.2) is 86.1 Å². The predicted molar refractivity (Wildman–Crippen MR) is 128 cm³/mol. The third-order valence-corrected chi connectivity index (χ3v) is 7.52. The third kappa shape index (κ3) is 4.44. The first-order valence-electron chi connectivity index (χ1n) is 12.0. The van der Waals surface area contributed by atoms with Crippen LogP contribution in [0.5, 0.6) is 5.75 Å². The topological polar surface area (TPSA) is 39.3 Å².